The third-order valence-electron chi connectivity index (χ3n) is 0.203. The summed E-state index contributed by atoms with van der Waals surface area (Å²) >= 11 is 0.875. The Kier molecular flexibility index (Phi) is 12.3. The second-order valence-electron chi connectivity index (χ2n) is 0.711. The van der Waals surface area contributed by atoms with E-state index in [4.69, 9.17) is 5.84 Å². The van der Waals surface area contributed by atoms with Gasteiger partial charge in [-0.3, -0.25) is 10.6 Å². The van der Waals surface area contributed by atoms with E-state index in [0.29, 0.717) is 0 Å². The number of carbonyl (C=O) groups is 1. The summed E-state index contributed by atoms with van der Waals surface area (Å²) in [6.07, 6.45) is 0. The molecular weight excluding hydrogens is 139 g/mol. The molecule has 3 nitrogen and oxygen atoms in total. The molecule has 0 spiro atoms. The third-order valence-corrected chi connectivity index (χ3v) is 0.608. The zero-order chi connectivity index (χ0) is 4.99. The number of carbonyl (C=O) groups excluding carboxylic acids is 1. The maximum atomic E-state index is 9.86. The van der Waals surface area contributed by atoms with E-state index in [1.54, 1.807) is 0 Å². The van der Waals surface area contributed by atoms with Gasteiger partial charge in [-0.05, 0) is 0 Å². The second-order valence-corrected chi connectivity index (χ2v) is 1.73. The van der Waals surface area contributed by atoms with E-state index in [1.165, 1.54) is 6.92 Å². The van der Waals surface area contributed by atoms with E-state index < -0.39 is 0 Å². The van der Waals surface area contributed by atoms with Gasteiger partial charge in [-0.1, -0.05) is 0 Å². The summed E-state index contributed by atoms with van der Waals surface area (Å²) in [6, 6.07) is 0. The molecule has 0 unspecified atom stereocenters. The first-order valence-electron chi connectivity index (χ1n) is 1.40. The Morgan fingerprint density at radius 2 is 2.29 bits per heavy atom. The average molecular weight is 146 g/mol. The molecule has 0 aromatic rings. The van der Waals surface area contributed by atoms with E-state index in [1.807, 2.05) is 0 Å². The number of nitrogens with two attached hydrogens (primary N) is 1. The van der Waals surface area contributed by atoms with E-state index >= 15 is 0 Å². The molecule has 0 bridgehead atoms. The van der Waals surface area contributed by atoms with Crippen molar-refractivity contribution >= 4 is 68.4 Å². The van der Waals surface area contributed by atoms with E-state index in [0.717, 1.165) is 11.9 Å². The van der Waals surface area contributed by atoms with Crippen LogP contribution in [0.5, 0.6) is 0 Å². The van der Waals surface area contributed by atoms with Gasteiger partial charge in [0.15, 0.2) is 0 Å². The molecule has 0 aromatic heterocycles. The molecule has 0 radical (unpaired) electrons. The van der Waals surface area contributed by atoms with Gasteiger partial charge in [-0.2, -0.15) is 4.83 Å². The van der Waals surface area contributed by atoms with Crippen molar-refractivity contribution < 1.29 is 4.79 Å². The second kappa shape index (κ2) is 7.58. The molecule has 0 heterocycles. The molecule has 0 aliphatic carbocycles. The standard InChI is InChI=1S/C2H6N2OS.K.H/c1-2(5)6-4-3;;/h4H,3H2,1H3;;. The molecule has 0 atom stereocenters. The Balaban J connectivity index is 0. The molecule has 0 aromatic carbocycles. The summed E-state index contributed by atoms with van der Waals surface area (Å²) in [5.41, 5.74) is 0. The number of hydrogen-bond donors (Lipinski definition) is 2. The summed E-state index contributed by atoms with van der Waals surface area (Å²) in [6.45, 7) is 1.44. The predicted molar refractivity (Wildman–Crippen MR) is 32.7 cm³/mol. The van der Waals surface area contributed by atoms with Gasteiger partial charge in [0, 0.05) is 18.9 Å². The molecule has 0 saturated carbocycles. The Bertz CT molecular complexity index is 59.7. The fourth-order valence-corrected chi connectivity index (χ4v) is 0.249. The van der Waals surface area contributed by atoms with Crippen molar-refractivity contribution in [2.45, 2.75) is 6.92 Å². The van der Waals surface area contributed by atoms with Crippen molar-refractivity contribution in [3.63, 3.8) is 0 Å². The minimum absolute atomic E-state index is 0. The number of rotatable bonds is 1. The molecule has 0 saturated heterocycles. The van der Waals surface area contributed by atoms with Crippen molar-refractivity contribution in [1.82, 2.24) is 4.83 Å². The number of nitrogens with one attached hydrogen (secondary N) is 1. The quantitative estimate of drug-likeness (QED) is 0.215. The summed E-state index contributed by atoms with van der Waals surface area (Å²) < 4.78 is 0. The summed E-state index contributed by atoms with van der Waals surface area (Å²) in [7, 11) is 0. The first kappa shape index (κ1) is 11.4. The van der Waals surface area contributed by atoms with Gasteiger partial charge >= 0.3 is 51.4 Å². The van der Waals surface area contributed by atoms with Gasteiger partial charge in [0.2, 0.25) is 5.12 Å². The van der Waals surface area contributed by atoms with Gasteiger partial charge in [-0.15, -0.1) is 0 Å². The van der Waals surface area contributed by atoms with Crippen LogP contribution in [0.3, 0.4) is 0 Å². The molecule has 3 N–H and O–H groups in total. The molecule has 0 amide bonds. The summed E-state index contributed by atoms with van der Waals surface area (Å²) in [4.78, 5) is 12.0. The predicted octanol–water partition coefficient (Wildman–Crippen LogP) is -1.00. The zero-order valence-electron chi connectivity index (χ0n) is 3.39. The van der Waals surface area contributed by atoms with Gasteiger partial charge in [-0.25, -0.2) is 0 Å². The van der Waals surface area contributed by atoms with Crippen molar-refractivity contribution in [3.05, 3.63) is 0 Å². The monoisotopic (exact) mass is 146 g/mol. The van der Waals surface area contributed by atoms with Crippen LogP contribution >= 0.6 is 11.9 Å². The van der Waals surface area contributed by atoms with Crippen LogP contribution in [-0.4, -0.2) is 56.5 Å². The van der Waals surface area contributed by atoms with Gasteiger partial charge in [0.25, 0.3) is 0 Å². The van der Waals surface area contributed by atoms with Gasteiger partial charge < -0.3 is 0 Å². The molecule has 0 aliphatic rings. The Labute approximate surface area is 89.3 Å². The summed E-state index contributed by atoms with van der Waals surface area (Å²) in [5, 5.41) is -0.0301. The summed E-state index contributed by atoms with van der Waals surface area (Å²) in [5.74, 6) is 4.72. The van der Waals surface area contributed by atoms with Crippen molar-refractivity contribution in [3.8, 4) is 0 Å². The normalized spacial score (nSPS) is 7.14. The molecule has 0 aliphatic heterocycles. The zero-order valence-corrected chi connectivity index (χ0v) is 4.21. The third kappa shape index (κ3) is 11.2. The van der Waals surface area contributed by atoms with Crippen LogP contribution in [0.25, 0.3) is 0 Å². The van der Waals surface area contributed by atoms with E-state index in [-0.39, 0.29) is 56.5 Å². The van der Waals surface area contributed by atoms with Crippen LogP contribution in [0.15, 0.2) is 0 Å². The molecule has 0 fully saturated rings. The topological polar surface area (TPSA) is 55.1 Å². The maximum absolute atomic E-state index is 9.86. The van der Waals surface area contributed by atoms with Crippen LogP contribution in [0.4, 0.5) is 0 Å². The Morgan fingerprint density at radius 1 is 1.86 bits per heavy atom. The Hall–Kier alpha value is 1.58. The van der Waals surface area contributed by atoms with E-state index in [2.05, 4.69) is 4.83 Å². The van der Waals surface area contributed by atoms with Crippen LogP contribution in [0.2, 0.25) is 0 Å². The van der Waals surface area contributed by atoms with Gasteiger partial charge in [0.1, 0.15) is 0 Å². The molecular formula is C2H7KN2OS. The fourth-order valence-electron chi connectivity index (χ4n) is 0.0830. The van der Waals surface area contributed by atoms with Crippen molar-refractivity contribution in [2.75, 3.05) is 0 Å². The molecule has 38 valence electrons. The average Bonchev–Trinajstić information content (AvgIpc) is 1.35. The van der Waals surface area contributed by atoms with Gasteiger partial charge in [0.05, 0.1) is 0 Å². The SMILES string of the molecule is CC(=O)SNN.[KH]. The number of hydrazine groups is 1. The van der Waals surface area contributed by atoms with E-state index in [9.17, 15) is 4.79 Å². The first-order valence-corrected chi connectivity index (χ1v) is 2.22. The molecule has 5 heteroatoms. The van der Waals surface area contributed by atoms with Crippen molar-refractivity contribution in [2.24, 2.45) is 5.84 Å². The minimum atomic E-state index is -0.0301. The van der Waals surface area contributed by atoms with Crippen LogP contribution < -0.4 is 10.7 Å². The Morgan fingerprint density at radius 3 is 2.29 bits per heavy atom. The first-order chi connectivity index (χ1) is 2.77. The van der Waals surface area contributed by atoms with Crippen LogP contribution in [-0.2, 0) is 4.79 Å². The van der Waals surface area contributed by atoms with Crippen LogP contribution in [0.1, 0.15) is 6.92 Å². The molecule has 0 rings (SSSR count). The fraction of sp³-hybridized carbons (Fsp3) is 0.500. The molecule has 7 heavy (non-hydrogen) atoms. The van der Waals surface area contributed by atoms with Crippen LogP contribution in [0, 0.1) is 0 Å². The number of hydrogen-bond acceptors (Lipinski definition) is 4. The van der Waals surface area contributed by atoms with Crippen molar-refractivity contribution in [1.29, 1.82) is 0 Å².